The van der Waals surface area contributed by atoms with Crippen molar-refractivity contribution < 1.29 is 46.3 Å². The Balaban J connectivity index is 0. The zero-order valence-electron chi connectivity index (χ0n) is 17.8. The lowest BCUT2D eigenvalue weighted by Crippen LogP contribution is -2.15. The van der Waals surface area contributed by atoms with Crippen molar-refractivity contribution in [3.05, 3.63) is 0 Å². The van der Waals surface area contributed by atoms with Gasteiger partial charge in [0.1, 0.15) is 0 Å². The van der Waals surface area contributed by atoms with Crippen LogP contribution in [0.4, 0.5) is 0 Å². The molecule has 0 bridgehead atoms. The topological polar surface area (TPSA) is 141 Å². The largest absolute Gasteiger partial charge is 0.394 e. The molecule has 0 aromatic heterocycles. The van der Waals surface area contributed by atoms with Crippen LogP contribution in [0.3, 0.4) is 0 Å². The summed E-state index contributed by atoms with van der Waals surface area (Å²) >= 11 is 0. The van der Waals surface area contributed by atoms with Crippen molar-refractivity contribution in [3.8, 4) is 0 Å². The number of hydrogen-bond acceptors (Lipinski definition) is 8. The summed E-state index contributed by atoms with van der Waals surface area (Å²) in [6.45, 7) is 10.2. The highest BCUT2D eigenvalue weighted by Gasteiger charge is 2.05. The molecule has 0 spiro atoms. The maximum atomic E-state index is 8.74. The zero-order valence-corrected chi connectivity index (χ0v) is 18.6. The summed E-state index contributed by atoms with van der Waals surface area (Å²) in [5.41, 5.74) is 0. The zero-order chi connectivity index (χ0) is 22.2. The maximum absolute atomic E-state index is 8.74. The quantitative estimate of drug-likeness (QED) is 0.186. The molecule has 0 aliphatic carbocycles. The van der Waals surface area contributed by atoms with E-state index >= 15 is 0 Å². The second-order valence-electron chi connectivity index (χ2n) is 6.11. The van der Waals surface area contributed by atoms with Gasteiger partial charge in [-0.3, -0.25) is 9.11 Å². The lowest BCUT2D eigenvalue weighted by atomic mass is 10.0. The highest BCUT2D eigenvalue weighted by Crippen LogP contribution is 2.12. The van der Waals surface area contributed by atoms with Gasteiger partial charge in [-0.1, -0.05) is 33.1 Å². The molecule has 10 nitrogen and oxygen atoms in total. The number of rotatable bonds is 20. The van der Waals surface area contributed by atoms with Crippen LogP contribution < -0.4 is 0 Å². The van der Waals surface area contributed by atoms with Crippen LogP contribution in [0.25, 0.3) is 0 Å². The highest BCUT2D eigenvalue weighted by molar-refractivity contribution is 7.79. The second-order valence-corrected chi connectivity index (χ2v) is 7.01. The van der Waals surface area contributed by atoms with Crippen molar-refractivity contribution in [1.29, 1.82) is 0 Å². The van der Waals surface area contributed by atoms with Crippen molar-refractivity contribution in [3.63, 3.8) is 0 Å². The van der Waals surface area contributed by atoms with Crippen molar-refractivity contribution >= 4 is 10.4 Å². The molecule has 0 aliphatic rings. The summed E-state index contributed by atoms with van der Waals surface area (Å²) in [6.07, 6.45) is 4.99. The standard InChI is InChI=1S/C18H38O6.H2O4S/c1-3-5-6-18(4-2)17-24-16-15-23-14-13-22-12-11-21-10-9-20-8-7-19;1-5(2,3)4/h18-19H,3-17H2,1-2H3;(H2,1,2,3,4). The molecule has 0 aromatic carbocycles. The van der Waals surface area contributed by atoms with Gasteiger partial charge >= 0.3 is 10.4 Å². The number of aliphatic hydroxyl groups excluding tert-OH is 1. The predicted molar refractivity (Wildman–Crippen MR) is 109 cm³/mol. The van der Waals surface area contributed by atoms with Gasteiger partial charge in [0.25, 0.3) is 0 Å². The van der Waals surface area contributed by atoms with Crippen LogP contribution in [0.1, 0.15) is 39.5 Å². The summed E-state index contributed by atoms with van der Waals surface area (Å²) in [5, 5.41) is 8.52. The molecule has 0 amide bonds. The molecule has 0 radical (unpaired) electrons. The van der Waals surface area contributed by atoms with Gasteiger partial charge in [-0.15, -0.1) is 0 Å². The van der Waals surface area contributed by atoms with Crippen LogP contribution in [0.5, 0.6) is 0 Å². The van der Waals surface area contributed by atoms with E-state index in [4.69, 9.17) is 46.3 Å². The van der Waals surface area contributed by atoms with Gasteiger partial charge in [-0.2, -0.15) is 8.42 Å². The molecule has 0 aromatic rings. The third-order valence-electron chi connectivity index (χ3n) is 3.62. The van der Waals surface area contributed by atoms with Gasteiger partial charge in [0.15, 0.2) is 0 Å². The monoisotopic (exact) mass is 448 g/mol. The van der Waals surface area contributed by atoms with E-state index in [0.717, 1.165) is 6.61 Å². The van der Waals surface area contributed by atoms with Crippen molar-refractivity contribution in [2.75, 3.05) is 72.7 Å². The molecule has 29 heavy (non-hydrogen) atoms. The first kappa shape index (κ1) is 30.8. The second kappa shape index (κ2) is 23.9. The first-order chi connectivity index (χ1) is 13.8. The number of aliphatic hydroxyl groups is 1. The Kier molecular flexibility index (Phi) is 25.4. The average molecular weight is 449 g/mol. The molecule has 3 N–H and O–H groups in total. The molecule has 1 atom stereocenters. The van der Waals surface area contributed by atoms with Gasteiger partial charge < -0.3 is 28.8 Å². The van der Waals surface area contributed by atoms with Crippen LogP contribution in [-0.4, -0.2) is 95.3 Å². The lowest BCUT2D eigenvalue weighted by molar-refractivity contribution is -0.0157. The van der Waals surface area contributed by atoms with Gasteiger partial charge in [-0.25, -0.2) is 0 Å². The van der Waals surface area contributed by atoms with Gasteiger partial charge in [0.2, 0.25) is 0 Å². The van der Waals surface area contributed by atoms with Crippen molar-refractivity contribution in [2.24, 2.45) is 5.92 Å². The van der Waals surface area contributed by atoms with E-state index in [0.29, 0.717) is 65.4 Å². The molecule has 0 saturated carbocycles. The average Bonchev–Trinajstić information content (AvgIpc) is 2.66. The first-order valence-electron chi connectivity index (χ1n) is 10.0. The highest BCUT2D eigenvalue weighted by atomic mass is 32.3. The molecule has 0 heterocycles. The van der Waals surface area contributed by atoms with Gasteiger partial charge in [-0.05, 0) is 12.3 Å². The van der Waals surface area contributed by atoms with Crippen LogP contribution in [-0.2, 0) is 34.1 Å². The van der Waals surface area contributed by atoms with E-state index in [2.05, 4.69) is 13.8 Å². The van der Waals surface area contributed by atoms with Crippen LogP contribution in [0, 0.1) is 5.92 Å². The molecule has 11 heteroatoms. The fourth-order valence-electron chi connectivity index (χ4n) is 2.09. The van der Waals surface area contributed by atoms with E-state index in [1.165, 1.54) is 25.7 Å². The predicted octanol–water partition coefficient (Wildman–Crippen LogP) is 1.63. The van der Waals surface area contributed by atoms with Crippen molar-refractivity contribution in [2.45, 2.75) is 39.5 Å². The third-order valence-corrected chi connectivity index (χ3v) is 3.62. The molecular weight excluding hydrogens is 408 g/mol. The Hall–Kier alpha value is -0.370. The summed E-state index contributed by atoms with van der Waals surface area (Å²) < 4.78 is 58.5. The Morgan fingerprint density at radius 2 is 1.10 bits per heavy atom. The number of ether oxygens (including phenoxy) is 5. The molecule has 1 unspecified atom stereocenters. The maximum Gasteiger partial charge on any atom is 0.394 e. The minimum Gasteiger partial charge on any atom is -0.394 e. The van der Waals surface area contributed by atoms with E-state index < -0.39 is 10.4 Å². The number of unbranched alkanes of at least 4 members (excludes halogenated alkanes) is 1. The Bertz CT molecular complexity index is 397. The van der Waals surface area contributed by atoms with Crippen molar-refractivity contribution in [1.82, 2.24) is 0 Å². The summed E-state index contributed by atoms with van der Waals surface area (Å²) in [4.78, 5) is 0. The Labute approximate surface area is 175 Å². The van der Waals surface area contributed by atoms with E-state index in [1.54, 1.807) is 0 Å². The molecular formula is C18H40O10S. The first-order valence-corrected chi connectivity index (χ1v) is 11.4. The van der Waals surface area contributed by atoms with Crippen LogP contribution in [0.15, 0.2) is 0 Å². The fourth-order valence-corrected chi connectivity index (χ4v) is 2.09. The van der Waals surface area contributed by atoms with Gasteiger partial charge in [0.05, 0.1) is 66.1 Å². The minimum atomic E-state index is -4.67. The van der Waals surface area contributed by atoms with E-state index in [-0.39, 0.29) is 6.61 Å². The molecule has 0 rings (SSSR count). The molecule has 178 valence electrons. The normalized spacial score (nSPS) is 12.4. The number of hydrogen-bond donors (Lipinski definition) is 3. The Morgan fingerprint density at radius 3 is 1.45 bits per heavy atom. The summed E-state index contributed by atoms with van der Waals surface area (Å²) in [7, 11) is -4.67. The Morgan fingerprint density at radius 1 is 0.724 bits per heavy atom. The summed E-state index contributed by atoms with van der Waals surface area (Å²) in [5.74, 6) is 0.683. The lowest BCUT2D eigenvalue weighted by Gasteiger charge is -2.14. The van der Waals surface area contributed by atoms with E-state index in [1.807, 2.05) is 0 Å². The van der Waals surface area contributed by atoms with Crippen LogP contribution >= 0.6 is 0 Å². The molecule has 0 aliphatic heterocycles. The van der Waals surface area contributed by atoms with Crippen LogP contribution in [0.2, 0.25) is 0 Å². The van der Waals surface area contributed by atoms with Gasteiger partial charge in [0, 0.05) is 6.61 Å². The fraction of sp³-hybridized carbons (Fsp3) is 1.00. The molecule has 0 fully saturated rings. The SMILES string of the molecule is CCCCC(CC)COCCOCCOCCOCCOCCO.O=S(=O)(O)O. The van der Waals surface area contributed by atoms with E-state index in [9.17, 15) is 0 Å². The minimum absolute atomic E-state index is 0.0478. The third kappa shape index (κ3) is 35.4. The smallest absolute Gasteiger partial charge is 0.394 e. The molecule has 0 saturated heterocycles. The summed E-state index contributed by atoms with van der Waals surface area (Å²) in [6, 6.07) is 0.